The first-order valence-electron chi connectivity index (χ1n) is 11.0. The Labute approximate surface area is 189 Å². The number of hydrogen-bond donors (Lipinski definition) is 2. The third kappa shape index (κ3) is 5.97. The Morgan fingerprint density at radius 3 is 2.09 bits per heavy atom. The van der Waals surface area contributed by atoms with Crippen LogP contribution in [0.25, 0.3) is 0 Å². The van der Waals surface area contributed by atoms with Gasteiger partial charge in [-0.15, -0.1) is 0 Å². The summed E-state index contributed by atoms with van der Waals surface area (Å²) < 4.78 is 13.3. The Morgan fingerprint density at radius 2 is 1.53 bits per heavy atom. The van der Waals surface area contributed by atoms with E-state index in [1.165, 1.54) is 12.1 Å². The molecule has 0 saturated carbocycles. The van der Waals surface area contributed by atoms with Gasteiger partial charge in [-0.25, -0.2) is 4.39 Å². The van der Waals surface area contributed by atoms with Gasteiger partial charge in [0.05, 0.1) is 6.04 Å². The largest absolute Gasteiger partial charge is 0.378 e. The second-order valence-corrected chi connectivity index (χ2v) is 8.07. The summed E-state index contributed by atoms with van der Waals surface area (Å²) >= 11 is 0. The fourth-order valence-electron chi connectivity index (χ4n) is 3.91. The van der Waals surface area contributed by atoms with Crippen molar-refractivity contribution >= 4 is 23.2 Å². The number of nitrogens with zero attached hydrogens (tertiary/aromatic N) is 3. The summed E-state index contributed by atoms with van der Waals surface area (Å²) in [5.41, 5.74) is 3.18. The number of carbonyl (C=O) groups excluding carboxylic acids is 2. The summed E-state index contributed by atoms with van der Waals surface area (Å²) in [7, 11) is 3.99. The van der Waals surface area contributed by atoms with E-state index in [-0.39, 0.29) is 11.9 Å². The molecule has 0 aliphatic carbocycles. The van der Waals surface area contributed by atoms with Crippen molar-refractivity contribution < 1.29 is 14.0 Å². The van der Waals surface area contributed by atoms with Crippen molar-refractivity contribution in [2.75, 3.05) is 63.2 Å². The van der Waals surface area contributed by atoms with Crippen LogP contribution in [0.15, 0.2) is 48.5 Å². The molecule has 2 amide bonds. The molecule has 1 saturated heterocycles. The molecule has 1 atom stereocenters. The zero-order valence-corrected chi connectivity index (χ0v) is 19.0. The topological polar surface area (TPSA) is 67.9 Å². The van der Waals surface area contributed by atoms with E-state index in [4.69, 9.17) is 0 Å². The molecular formula is C24H32FN5O2. The summed E-state index contributed by atoms with van der Waals surface area (Å²) in [4.78, 5) is 30.6. The van der Waals surface area contributed by atoms with Crippen LogP contribution in [0.3, 0.4) is 0 Å². The smallest absolute Gasteiger partial charge is 0.309 e. The van der Waals surface area contributed by atoms with E-state index < -0.39 is 11.8 Å². The molecule has 3 rings (SSSR count). The zero-order chi connectivity index (χ0) is 23.1. The molecule has 0 spiro atoms. The summed E-state index contributed by atoms with van der Waals surface area (Å²) in [5, 5.41) is 5.32. The maximum atomic E-state index is 13.3. The summed E-state index contributed by atoms with van der Waals surface area (Å²) in [5.74, 6) is -1.47. The number of halogens is 1. The molecule has 1 heterocycles. The van der Waals surface area contributed by atoms with Gasteiger partial charge >= 0.3 is 11.8 Å². The van der Waals surface area contributed by atoms with Gasteiger partial charge in [0.1, 0.15) is 5.82 Å². The average Bonchev–Trinajstić information content (AvgIpc) is 2.80. The minimum atomic E-state index is -0.619. The third-order valence-corrected chi connectivity index (χ3v) is 5.74. The molecule has 32 heavy (non-hydrogen) atoms. The van der Waals surface area contributed by atoms with E-state index in [2.05, 4.69) is 44.7 Å². The monoisotopic (exact) mass is 441 g/mol. The second kappa shape index (κ2) is 10.9. The van der Waals surface area contributed by atoms with E-state index in [0.29, 0.717) is 13.1 Å². The number of carbonyl (C=O) groups is 2. The van der Waals surface area contributed by atoms with E-state index in [1.54, 1.807) is 19.1 Å². The highest BCUT2D eigenvalue weighted by Crippen LogP contribution is 2.26. The highest BCUT2D eigenvalue weighted by atomic mass is 19.1. The lowest BCUT2D eigenvalue weighted by atomic mass is 10.0. The molecule has 1 unspecified atom stereocenters. The molecule has 1 aliphatic rings. The number of hydrogen-bond acceptors (Lipinski definition) is 5. The van der Waals surface area contributed by atoms with Gasteiger partial charge in [0.25, 0.3) is 0 Å². The van der Waals surface area contributed by atoms with Crippen LogP contribution in [0.2, 0.25) is 0 Å². The van der Waals surface area contributed by atoms with Crippen molar-refractivity contribution in [1.29, 1.82) is 0 Å². The maximum absolute atomic E-state index is 13.3. The Morgan fingerprint density at radius 1 is 0.938 bits per heavy atom. The van der Waals surface area contributed by atoms with Gasteiger partial charge in [0.15, 0.2) is 0 Å². The highest BCUT2D eigenvalue weighted by Gasteiger charge is 2.26. The van der Waals surface area contributed by atoms with Gasteiger partial charge in [-0.05, 0) is 48.9 Å². The second-order valence-electron chi connectivity index (χ2n) is 8.07. The Kier molecular flexibility index (Phi) is 8.05. The van der Waals surface area contributed by atoms with Crippen LogP contribution >= 0.6 is 0 Å². The number of nitrogens with one attached hydrogen (secondary N) is 2. The SMILES string of the molecule is CCNC(=O)C(=O)NCC(c1ccc(N(C)C)cc1)N1CCN(c2ccc(F)cc2)CC1. The summed E-state index contributed by atoms with van der Waals surface area (Å²) in [6.07, 6.45) is 0. The van der Waals surface area contributed by atoms with Crippen molar-refractivity contribution in [2.45, 2.75) is 13.0 Å². The van der Waals surface area contributed by atoms with Gasteiger partial charge in [-0.2, -0.15) is 0 Å². The summed E-state index contributed by atoms with van der Waals surface area (Å²) in [6, 6.07) is 14.8. The highest BCUT2D eigenvalue weighted by molar-refractivity contribution is 6.35. The number of rotatable bonds is 7. The lowest BCUT2D eigenvalue weighted by Crippen LogP contribution is -2.50. The van der Waals surface area contributed by atoms with E-state index >= 15 is 0 Å². The van der Waals surface area contributed by atoms with Crippen LogP contribution in [0.1, 0.15) is 18.5 Å². The van der Waals surface area contributed by atoms with Gasteiger partial charge in [-0.1, -0.05) is 12.1 Å². The van der Waals surface area contributed by atoms with Gasteiger partial charge in [0, 0.05) is 64.7 Å². The lowest BCUT2D eigenvalue weighted by molar-refractivity contribution is -0.139. The quantitative estimate of drug-likeness (QED) is 0.644. The number of likely N-dealkylation sites (N-methyl/N-ethyl adjacent to an activating group) is 1. The maximum Gasteiger partial charge on any atom is 0.309 e. The molecule has 172 valence electrons. The van der Waals surface area contributed by atoms with Crippen LogP contribution in [-0.4, -0.2) is 70.1 Å². The molecule has 2 N–H and O–H groups in total. The van der Waals surface area contributed by atoms with E-state index in [1.807, 2.05) is 19.0 Å². The fourth-order valence-corrected chi connectivity index (χ4v) is 3.91. The third-order valence-electron chi connectivity index (χ3n) is 5.74. The Bertz CT molecular complexity index is 894. The normalized spacial score (nSPS) is 15.2. The van der Waals surface area contributed by atoms with Crippen molar-refractivity contribution in [2.24, 2.45) is 0 Å². The minimum absolute atomic E-state index is 0.0556. The molecule has 1 fully saturated rings. The van der Waals surface area contributed by atoms with Crippen molar-refractivity contribution in [1.82, 2.24) is 15.5 Å². The van der Waals surface area contributed by atoms with Crippen LogP contribution in [-0.2, 0) is 9.59 Å². The van der Waals surface area contributed by atoms with Crippen molar-refractivity contribution in [3.63, 3.8) is 0 Å². The van der Waals surface area contributed by atoms with Crippen LogP contribution in [0, 0.1) is 5.82 Å². The molecule has 1 aliphatic heterocycles. The predicted molar refractivity (Wildman–Crippen MR) is 125 cm³/mol. The zero-order valence-electron chi connectivity index (χ0n) is 19.0. The van der Waals surface area contributed by atoms with Gasteiger partial charge in [-0.3, -0.25) is 14.5 Å². The van der Waals surface area contributed by atoms with Gasteiger partial charge < -0.3 is 20.4 Å². The molecular weight excluding hydrogens is 409 g/mol. The first-order valence-corrected chi connectivity index (χ1v) is 11.0. The van der Waals surface area contributed by atoms with Crippen LogP contribution in [0.5, 0.6) is 0 Å². The molecule has 7 nitrogen and oxygen atoms in total. The number of anilines is 2. The molecule has 0 aromatic heterocycles. The number of amides is 2. The van der Waals surface area contributed by atoms with Crippen molar-refractivity contribution in [3.05, 3.63) is 59.9 Å². The number of benzene rings is 2. The standard InChI is InChI=1S/C24H32FN5O2/c1-4-26-23(31)24(32)27-17-22(18-5-9-20(10-6-18)28(2)3)30-15-13-29(14-16-30)21-11-7-19(25)8-12-21/h5-12,22H,4,13-17H2,1-3H3,(H,26,31)(H,27,32). The predicted octanol–water partition coefficient (Wildman–Crippen LogP) is 2.01. The van der Waals surface area contributed by atoms with Gasteiger partial charge in [0.2, 0.25) is 0 Å². The van der Waals surface area contributed by atoms with E-state index in [9.17, 15) is 14.0 Å². The minimum Gasteiger partial charge on any atom is -0.378 e. The van der Waals surface area contributed by atoms with Crippen LogP contribution in [0.4, 0.5) is 15.8 Å². The summed E-state index contributed by atoms with van der Waals surface area (Å²) in [6.45, 7) is 5.69. The molecule has 8 heteroatoms. The average molecular weight is 442 g/mol. The first-order chi connectivity index (χ1) is 15.4. The number of piperazine rings is 1. The first kappa shape index (κ1) is 23.5. The molecule has 2 aromatic carbocycles. The molecule has 0 bridgehead atoms. The van der Waals surface area contributed by atoms with Crippen molar-refractivity contribution in [3.8, 4) is 0 Å². The van der Waals surface area contributed by atoms with E-state index in [0.717, 1.165) is 43.1 Å². The molecule has 2 aromatic rings. The Balaban J connectivity index is 1.71. The fraction of sp³-hybridized carbons (Fsp3) is 0.417. The lowest BCUT2D eigenvalue weighted by Gasteiger charge is -2.40. The Hall–Kier alpha value is -3.13. The molecule has 0 radical (unpaired) electrons. The van der Waals surface area contributed by atoms with Crippen LogP contribution < -0.4 is 20.4 Å².